The minimum absolute atomic E-state index is 1.33. The van der Waals surface area contributed by atoms with Crippen LogP contribution in [0.1, 0.15) is 40.2 Å². The third-order valence-electron chi connectivity index (χ3n) is 1.96. The maximum Gasteiger partial charge on any atom is -0.0228 e. The van der Waals surface area contributed by atoms with E-state index in [1.165, 1.54) is 16.7 Å². The quantitative estimate of drug-likeness (QED) is 0.590. The van der Waals surface area contributed by atoms with Crippen LogP contribution in [-0.2, 0) is 0 Å². The molecule has 0 saturated carbocycles. The fourth-order valence-corrected chi connectivity index (χ4v) is 0.977. The zero-order chi connectivity index (χ0) is 10.3. The van der Waals surface area contributed by atoms with Gasteiger partial charge in [0.2, 0.25) is 0 Å². The van der Waals surface area contributed by atoms with Crippen LogP contribution in [0.3, 0.4) is 0 Å². The van der Waals surface area contributed by atoms with Gasteiger partial charge in [-0.05, 0) is 31.9 Å². The van der Waals surface area contributed by atoms with E-state index >= 15 is 0 Å². The molecular formula is C13H20. The molecule has 0 aliphatic carbocycles. The van der Waals surface area contributed by atoms with E-state index in [1.807, 2.05) is 19.9 Å². The summed E-state index contributed by atoms with van der Waals surface area (Å²) in [4.78, 5) is 0. The summed E-state index contributed by atoms with van der Waals surface area (Å²) < 4.78 is 0. The second kappa shape index (κ2) is 6.47. The molecule has 13 heavy (non-hydrogen) atoms. The number of allylic oxidation sites excluding steroid dienone is 2. The maximum atomic E-state index is 2.16. The molecule has 0 aliphatic heterocycles. The Morgan fingerprint density at radius 3 is 1.69 bits per heavy atom. The van der Waals surface area contributed by atoms with Crippen molar-refractivity contribution in [2.75, 3.05) is 0 Å². The third-order valence-corrected chi connectivity index (χ3v) is 1.96. The molecule has 0 radical (unpaired) electrons. The maximum absolute atomic E-state index is 2.16. The molecule has 0 amide bonds. The summed E-state index contributed by atoms with van der Waals surface area (Å²) in [5.74, 6) is 0. The lowest BCUT2D eigenvalue weighted by atomic mass is 10.0. The van der Waals surface area contributed by atoms with E-state index < -0.39 is 0 Å². The van der Waals surface area contributed by atoms with Gasteiger partial charge in [0, 0.05) is 0 Å². The van der Waals surface area contributed by atoms with Crippen molar-refractivity contribution in [2.45, 2.75) is 34.6 Å². The van der Waals surface area contributed by atoms with E-state index in [9.17, 15) is 0 Å². The standard InChI is InChI=1S/C11H14.C2H6/c1-9(2)10(3)11-7-5-4-6-8-11;1-2/h4-8H,1-3H3;1-2H3. The number of benzene rings is 1. The van der Waals surface area contributed by atoms with E-state index in [0.717, 1.165) is 0 Å². The van der Waals surface area contributed by atoms with Crippen LogP contribution in [0.15, 0.2) is 35.9 Å². The molecule has 1 rings (SSSR count). The molecule has 0 aromatic heterocycles. The molecule has 72 valence electrons. The highest BCUT2D eigenvalue weighted by Crippen LogP contribution is 2.16. The minimum Gasteiger partial charge on any atom is -0.0729 e. The van der Waals surface area contributed by atoms with E-state index in [0.29, 0.717) is 0 Å². The van der Waals surface area contributed by atoms with Crippen LogP contribution in [0.25, 0.3) is 5.57 Å². The van der Waals surface area contributed by atoms with Crippen molar-refractivity contribution in [3.8, 4) is 0 Å². The van der Waals surface area contributed by atoms with Crippen LogP contribution in [-0.4, -0.2) is 0 Å². The molecule has 0 aliphatic rings. The molecule has 0 unspecified atom stereocenters. The van der Waals surface area contributed by atoms with Gasteiger partial charge in [-0.1, -0.05) is 49.8 Å². The monoisotopic (exact) mass is 176 g/mol. The lowest BCUT2D eigenvalue weighted by molar-refractivity contribution is 1.36. The van der Waals surface area contributed by atoms with Crippen LogP contribution >= 0.6 is 0 Å². The van der Waals surface area contributed by atoms with Gasteiger partial charge >= 0.3 is 0 Å². The van der Waals surface area contributed by atoms with Gasteiger partial charge in [0.15, 0.2) is 0 Å². The highest BCUT2D eigenvalue weighted by Gasteiger charge is 1.93. The Morgan fingerprint density at radius 1 is 0.846 bits per heavy atom. The van der Waals surface area contributed by atoms with Crippen molar-refractivity contribution >= 4 is 5.57 Å². The molecule has 0 N–H and O–H groups in total. The first kappa shape index (κ1) is 12.0. The first-order valence-corrected chi connectivity index (χ1v) is 4.91. The SMILES string of the molecule is CC.CC(C)=C(C)c1ccccc1. The van der Waals surface area contributed by atoms with Crippen molar-refractivity contribution in [3.63, 3.8) is 0 Å². The lowest BCUT2D eigenvalue weighted by Crippen LogP contribution is -1.79. The molecule has 0 fully saturated rings. The van der Waals surface area contributed by atoms with Crippen molar-refractivity contribution in [2.24, 2.45) is 0 Å². The summed E-state index contributed by atoms with van der Waals surface area (Å²) in [5.41, 5.74) is 4.09. The molecule has 0 bridgehead atoms. The summed E-state index contributed by atoms with van der Waals surface area (Å²) >= 11 is 0. The number of hydrogen-bond acceptors (Lipinski definition) is 0. The van der Waals surface area contributed by atoms with Gasteiger partial charge in [-0.2, -0.15) is 0 Å². The minimum atomic E-state index is 1.33. The summed E-state index contributed by atoms with van der Waals surface area (Å²) in [7, 11) is 0. The Hall–Kier alpha value is -1.04. The predicted molar refractivity (Wildman–Crippen MR) is 61.7 cm³/mol. The fraction of sp³-hybridized carbons (Fsp3) is 0.385. The van der Waals surface area contributed by atoms with Gasteiger partial charge in [0.25, 0.3) is 0 Å². The van der Waals surface area contributed by atoms with Crippen LogP contribution < -0.4 is 0 Å². The molecule has 0 saturated heterocycles. The van der Waals surface area contributed by atoms with Crippen molar-refractivity contribution in [1.82, 2.24) is 0 Å². The Kier molecular flexibility index (Phi) is 5.96. The molecule has 0 atom stereocenters. The van der Waals surface area contributed by atoms with Gasteiger partial charge in [0.1, 0.15) is 0 Å². The highest BCUT2D eigenvalue weighted by molar-refractivity contribution is 5.65. The van der Waals surface area contributed by atoms with Crippen LogP contribution in [0.4, 0.5) is 0 Å². The van der Waals surface area contributed by atoms with Gasteiger partial charge in [-0.15, -0.1) is 0 Å². The Morgan fingerprint density at radius 2 is 1.31 bits per heavy atom. The van der Waals surface area contributed by atoms with Gasteiger partial charge in [0.05, 0.1) is 0 Å². The van der Waals surface area contributed by atoms with Gasteiger partial charge in [-0.3, -0.25) is 0 Å². The molecule has 0 heteroatoms. The second-order valence-corrected chi connectivity index (χ2v) is 2.99. The zero-order valence-electron chi connectivity index (χ0n) is 9.39. The zero-order valence-corrected chi connectivity index (χ0v) is 9.39. The molecule has 0 nitrogen and oxygen atoms in total. The molecular weight excluding hydrogens is 156 g/mol. The third kappa shape index (κ3) is 3.93. The molecule has 0 heterocycles. The number of rotatable bonds is 1. The predicted octanol–water partition coefficient (Wildman–Crippen LogP) is 4.53. The van der Waals surface area contributed by atoms with Crippen LogP contribution in [0.2, 0.25) is 0 Å². The Labute approximate surface area is 82.3 Å². The fourth-order valence-electron chi connectivity index (χ4n) is 0.977. The first-order chi connectivity index (χ1) is 6.22. The van der Waals surface area contributed by atoms with Crippen molar-refractivity contribution in [1.29, 1.82) is 0 Å². The Bertz CT molecular complexity index is 251. The molecule has 1 aromatic rings. The smallest absolute Gasteiger partial charge is 0.0228 e. The van der Waals surface area contributed by atoms with Crippen molar-refractivity contribution in [3.05, 3.63) is 41.5 Å². The topological polar surface area (TPSA) is 0 Å². The van der Waals surface area contributed by atoms with E-state index in [1.54, 1.807) is 0 Å². The molecule has 1 aromatic carbocycles. The lowest BCUT2D eigenvalue weighted by Gasteiger charge is -2.02. The summed E-state index contributed by atoms with van der Waals surface area (Å²) in [6.07, 6.45) is 0. The summed E-state index contributed by atoms with van der Waals surface area (Å²) in [6, 6.07) is 10.5. The highest BCUT2D eigenvalue weighted by atomic mass is 14.0. The first-order valence-electron chi connectivity index (χ1n) is 4.91. The largest absolute Gasteiger partial charge is 0.0729 e. The van der Waals surface area contributed by atoms with Crippen molar-refractivity contribution < 1.29 is 0 Å². The summed E-state index contributed by atoms with van der Waals surface area (Å²) in [5, 5.41) is 0. The van der Waals surface area contributed by atoms with E-state index in [-0.39, 0.29) is 0 Å². The second-order valence-electron chi connectivity index (χ2n) is 2.99. The van der Waals surface area contributed by atoms with E-state index in [2.05, 4.69) is 45.0 Å². The summed E-state index contributed by atoms with van der Waals surface area (Å²) in [6.45, 7) is 10.4. The van der Waals surface area contributed by atoms with Gasteiger partial charge in [-0.25, -0.2) is 0 Å². The molecule has 0 spiro atoms. The number of hydrogen-bond donors (Lipinski definition) is 0. The van der Waals surface area contributed by atoms with Crippen LogP contribution in [0.5, 0.6) is 0 Å². The normalized spacial score (nSPS) is 8.38. The van der Waals surface area contributed by atoms with E-state index in [4.69, 9.17) is 0 Å². The Balaban J connectivity index is 0.000000671. The van der Waals surface area contributed by atoms with Crippen LogP contribution in [0, 0.1) is 0 Å². The van der Waals surface area contributed by atoms with Gasteiger partial charge < -0.3 is 0 Å². The average Bonchev–Trinajstić information content (AvgIpc) is 2.21. The average molecular weight is 176 g/mol.